The average Bonchev–Trinajstić information content (AvgIpc) is 2.72. The Balaban J connectivity index is 1.32. The number of aromatic nitrogens is 1. The molecular weight excluding hydrogens is 389 g/mol. The van der Waals surface area contributed by atoms with E-state index in [0.717, 1.165) is 54.9 Å². The molecule has 1 saturated heterocycles. The van der Waals surface area contributed by atoms with E-state index in [-0.39, 0.29) is 5.82 Å². The molecule has 2 aromatic carbocycles. The van der Waals surface area contributed by atoms with Gasteiger partial charge in [0.1, 0.15) is 17.4 Å². The number of nitrogens with one attached hydrogen (secondary N) is 1. The summed E-state index contributed by atoms with van der Waals surface area (Å²) in [5, 5.41) is 5.01. The first kappa shape index (κ1) is 19.9. The summed E-state index contributed by atoms with van der Waals surface area (Å²) in [5.41, 5.74) is 2.02. The molecule has 0 radical (unpaired) electrons. The molecule has 0 bridgehead atoms. The Bertz CT molecular complexity index is 989. The second-order valence-corrected chi connectivity index (χ2v) is 7.83. The first-order valence-electron chi connectivity index (χ1n) is 10.1. The number of pyridine rings is 1. The molecule has 29 heavy (non-hydrogen) atoms. The van der Waals surface area contributed by atoms with Crippen LogP contribution in [0, 0.1) is 5.82 Å². The SMILES string of the molecule is CCOc1cc(CN2CCC(Nc3ccc4cc(F)ccc4n3)CC2)ccc1Cl. The lowest BCUT2D eigenvalue weighted by Crippen LogP contribution is -2.38. The van der Waals surface area contributed by atoms with Gasteiger partial charge in [0.2, 0.25) is 0 Å². The first-order valence-corrected chi connectivity index (χ1v) is 10.4. The fraction of sp³-hybridized carbons (Fsp3) is 0.348. The monoisotopic (exact) mass is 413 g/mol. The number of piperidine rings is 1. The fourth-order valence-electron chi connectivity index (χ4n) is 3.79. The van der Waals surface area contributed by atoms with Crippen LogP contribution >= 0.6 is 11.6 Å². The van der Waals surface area contributed by atoms with Crippen molar-refractivity contribution in [3.05, 3.63) is 64.9 Å². The van der Waals surface area contributed by atoms with Gasteiger partial charge in [-0.05, 0) is 67.8 Å². The highest BCUT2D eigenvalue weighted by Gasteiger charge is 2.20. The van der Waals surface area contributed by atoms with E-state index in [1.54, 1.807) is 6.07 Å². The van der Waals surface area contributed by atoms with Gasteiger partial charge in [-0.2, -0.15) is 0 Å². The molecule has 1 fully saturated rings. The van der Waals surface area contributed by atoms with E-state index in [0.29, 0.717) is 17.7 Å². The quantitative estimate of drug-likeness (QED) is 0.578. The summed E-state index contributed by atoms with van der Waals surface area (Å²) in [6.07, 6.45) is 2.10. The lowest BCUT2D eigenvalue weighted by Gasteiger charge is -2.32. The molecule has 0 atom stereocenters. The summed E-state index contributed by atoms with van der Waals surface area (Å²) >= 11 is 6.19. The van der Waals surface area contributed by atoms with Gasteiger partial charge >= 0.3 is 0 Å². The van der Waals surface area contributed by atoms with E-state index in [2.05, 4.69) is 21.3 Å². The van der Waals surface area contributed by atoms with Crippen molar-refractivity contribution < 1.29 is 9.13 Å². The topological polar surface area (TPSA) is 37.4 Å². The molecular formula is C23H25ClFN3O. The van der Waals surface area contributed by atoms with Gasteiger partial charge in [0, 0.05) is 31.1 Å². The summed E-state index contributed by atoms with van der Waals surface area (Å²) in [7, 11) is 0. The van der Waals surface area contributed by atoms with Crippen molar-refractivity contribution in [1.29, 1.82) is 0 Å². The summed E-state index contributed by atoms with van der Waals surface area (Å²) in [6.45, 7) is 5.50. The van der Waals surface area contributed by atoms with E-state index in [1.165, 1.54) is 17.7 Å². The average molecular weight is 414 g/mol. The maximum absolute atomic E-state index is 13.3. The smallest absolute Gasteiger partial charge is 0.138 e. The van der Waals surface area contributed by atoms with Crippen LogP contribution in [0.3, 0.4) is 0 Å². The number of hydrogen-bond donors (Lipinski definition) is 1. The highest BCUT2D eigenvalue weighted by molar-refractivity contribution is 6.32. The maximum atomic E-state index is 13.3. The number of ether oxygens (including phenoxy) is 1. The predicted molar refractivity (Wildman–Crippen MR) is 116 cm³/mol. The van der Waals surface area contributed by atoms with Crippen LogP contribution in [0.5, 0.6) is 5.75 Å². The summed E-state index contributed by atoms with van der Waals surface area (Å²) in [6, 6.07) is 14.9. The van der Waals surface area contributed by atoms with Gasteiger partial charge in [-0.1, -0.05) is 17.7 Å². The number of anilines is 1. The standard InChI is InChI=1S/C23H25ClFN3O/c1-2-29-22-13-16(3-6-20(22)24)15-28-11-9-19(10-12-28)26-23-8-4-17-14-18(25)5-7-21(17)27-23/h3-8,13-14,19H,2,9-12,15H2,1H3,(H,26,27). The highest BCUT2D eigenvalue weighted by Crippen LogP contribution is 2.27. The van der Waals surface area contributed by atoms with E-state index >= 15 is 0 Å². The van der Waals surface area contributed by atoms with Gasteiger partial charge in [-0.25, -0.2) is 9.37 Å². The van der Waals surface area contributed by atoms with E-state index < -0.39 is 0 Å². The van der Waals surface area contributed by atoms with E-state index in [9.17, 15) is 4.39 Å². The summed E-state index contributed by atoms with van der Waals surface area (Å²) in [4.78, 5) is 7.07. The number of nitrogens with zero attached hydrogens (tertiary/aromatic N) is 2. The number of fused-ring (bicyclic) bond motifs is 1. The molecule has 6 heteroatoms. The molecule has 152 valence electrons. The van der Waals surface area contributed by atoms with Crippen molar-refractivity contribution >= 4 is 28.3 Å². The van der Waals surface area contributed by atoms with Crippen LogP contribution in [0.15, 0.2) is 48.5 Å². The Morgan fingerprint density at radius 1 is 1.14 bits per heavy atom. The zero-order valence-corrected chi connectivity index (χ0v) is 17.3. The van der Waals surface area contributed by atoms with Crippen molar-refractivity contribution in [2.75, 3.05) is 25.0 Å². The molecule has 2 heterocycles. The van der Waals surface area contributed by atoms with Crippen molar-refractivity contribution in [3.8, 4) is 5.75 Å². The fourth-order valence-corrected chi connectivity index (χ4v) is 3.96. The number of hydrogen-bond acceptors (Lipinski definition) is 4. The van der Waals surface area contributed by atoms with Crippen molar-refractivity contribution in [2.24, 2.45) is 0 Å². The molecule has 4 rings (SSSR count). The van der Waals surface area contributed by atoms with Crippen molar-refractivity contribution in [2.45, 2.75) is 32.4 Å². The van der Waals surface area contributed by atoms with Crippen molar-refractivity contribution in [1.82, 2.24) is 9.88 Å². The van der Waals surface area contributed by atoms with Gasteiger partial charge in [0.25, 0.3) is 0 Å². The highest BCUT2D eigenvalue weighted by atomic mass is 35.5. The molecule has 4 nitrogen and oxygen atoms in total. The van der Waals surface area contributed by atoms with Crippen LogP contribution < -0.4 is 10.1 Å². The summed E-state index contributed by atoms with van der Waals surface area (Å²) in [5.74, 6) is 1.37. The molecule has 0 aliphatic carbocycles. The number of benzene rings is 2. The van der Waals surface area contributed by atoms with Gasteiger partial charge in [0.05, 0.1) is 17.1 Å². The van der Waals surface area contributed by atoms with Gasteiger partial charge in [0.15, 0.2) is 0 Å². The molecule has 1 aromatic heterocycles. The Kier molecular flexibility index (Phi) is 6.16. The molecule has 0 amide bonds. The molecule has 3 aromatic rings. The zero-order valence-electron chi connectivity index (χ0n) is 16.5. The van der Waals surface area contributed by atoms with Gasteiger partial charge < -0.3 is 10.1 Å². The molecule has 0 saturated carbocycles. The third-order valence-corrected chi connectivity index (χ3v) is 5.60. The minimum absolute atomic E-state index is 0.235. The van der Waals surface area contributed by atoms with Crippen LogP contribution in [-0.4, -0.2) is 35.6 Å². The lowest BCUT2D eigenvalue weighted by atomic mass is 10.0. The molecule has 0 spiro atoms. The summed E-state index contributed by atoms with van der Waals surface area (Å²) < 4.78 is 18.9. The Morgan fingerprint density at radius 2 is 1.97 bits per heavy atom. The Hall–Kier alpha value is -2.37. The van der Waals surface area contributed by atoms with Crippen LogP contribution in [0.4, 0.5) is 10.2 Å². The predicted octanol–water partition coefficient (Wildman–Crippen LogP) is 5.50. The number of halogens is 2. The third-order valence-electron chi connectivity index (χ3n) is 5.29. The van der Waals surface area contributed by atoms with Crippen LogP contribution in [-0.2, 0) is 6.54 Å². The van der Waals surface area contributed by atoms with Gasteiger partial charge in [-0.15, -0.1) is 0 Å². The third kappa shape index (κ3) is 4.98. The van der Waals surface area contributed by atoms with E-state index in [1.807, 2.05) is 31.2 Å². The molecule has 0 unspecified atom stereocenters. The largest absolute Gasteiger partial charge is 0.492 e. The van der Waals surface area contributed by atoms with Crippen LogP contribution in [0.1, 0.15) is 25.3 Å². The second kappa shape index (κ2) is 8.97. The molecule has 1 aliphatic heterocycles. The molecule has 1 aliphatic rings. The van der Waals surface area contributed by atoms with Crippen LogP contribution in [0.25, 0.3) is 10.9 Å². The first-order chi connectivity index (χ1) is 14.1. The number of rotatable bonds is 6. The second-order valence-electron chi connectivity index (χ2n) is 7.43. The Morgan fingerprint density at radius 3 is 2.76 bits per heavy atom. The normalized spacial score (nSPS) is 15.6. The number of likely N-dealkylation sites (tertiary alicyclic amines) is 1. The van der Waals surface area contributed by atoms with Gasteiger partial charge in [-0.3, -0.25) is 4.90 Å². The van der Waals surface area contributed by atoms with Crippen LogP contribution in [0.2, 0.25) is 5.02 Å². The lowest BCUT2D eigenvalue weighted by molar-refractivity contribution is 0.211. The van der Waals surface area contributed by atoms with Crippen molar-refractivity contribution in [3.63, 3.8) is 0 Å². The van der Waals surface area contributed by atoms with E-state index in [4.69, 9.17) is 16.3 Å². The zero-order chi connectivity index (χ0) is 20.2. The Labute approximate surface area is 175 Å². The minimum Gasteiger partial charge on any atom is -0.492 e. The molecule has 1 N–H and O–H groups in total. The maximum Gasteiger partial charge on any atom is 0.138 e. The minimum atomic E-state index is -0.235.